The number of anilines is 1. The van der Waals surface area contributed by atoms with E-state index in [0.717, 1.165) is 24.6 Å². The molecule has 2 N–H and O–H groups in total. The van der Waals surface area contributed by atoms with E-state index in [4.69, 9.17) is 5.73 Å². The van der Waals surface area contributed by atoms with Crippen LogP contribution in [0.4, 0.5) is 5.69 Å². The molecule has 2 atom stereocenters. The van der Waals surface area contributed by atoms with Gasteiger partial charge in [0.15, 0.2) is 0 Å². The predicted octanol–water partition coefficient (Wildman–Crippen LogP) is 3.06. The summed E-state index contributed by atoms with van der Waals surface area (Å²) in [5, 5.41) is 0. The lowest BCUT2D eigenvalue weighted by Gasteiger charge is -2.38. The van der Waals surface area contributed by atoms with E-state index >= 15 is 0 Å². The van der Waals surface area contributed by atoms with Crippen LogP contribution in [0.1, 0.15) is 62.5 Å². The van der Waals surface area contributed by atoms with E-state index in [-0.39, 0.29) is 11.9 Å². The van der Waals surface area contributed by atoms with E-state index in [1.165, 1.54) is 25.7 Å². The summed E-state index contributed by atoms with van der Waals surface area (Å²) in [6.07, 6.45) is 8.06. The number of nitrogens with two attached hydrogens (primary N) is 1. The molecular formula is C16H25N3O. The third-order valence-electron chi connectivity index (χ3n) is 4.90. The highest BCUT2D eigenvalue weighted by Crippen LogP contribution is 2.37. The van der Waals surface area contributed by atoms with E-state index < -0.39 is 0 Å². The van der Waals surface area contributed by atoms with Gasteiger partial charge >= 0.3 is 0 Å². The van der Waals surface area contributed by atoms with Crippen LogP contribution in [0, 0.1) is 5.92 Å². The van der Waals surface area contributed by atoms with Gasteiger partial charge in [-0.15, -0.1) is 0 Å². The molecule has 4 heteroatoms. The van der Waals surface area contributed by atoms with E-state index in [1.807, 2.05) is 16.8 Å². The van der Waals surface area contributed by atoms with Crippen LogP contribution in [0.3, 0.4) is 0 Å². The van der Waals surface area contributed by atoms with Crippen molar-refractivity contribution in [1.29, 1.82) is 0 Å². The number of likely N-dealkylation sites (tertiary alicyclic amines) is 1. The van der Waals surface area contributed by atoms with Gasteiger partial charge in [0.05, 0.1) is 5.69 Å². The Morgan fingerprint density at radius 3 is 2.80 bits per heavy atom. The number of fused-ring (bicyclic) bond motifs is 1. The van der Waals surface area contributed by atoms with E-state index in [1.54, 1.807) is 0 Å². The van der Waals surface area contributed by atoms with E-state index in [2.05, 4.69) is 18.7 Å². The molecule has 2 heterocycles. The zero-order valence-electron chi connectivity index (χ0n) is 12.5. The summed E-state index contributed by atoms with van der Waals surface area (Å²) in [4.78, 5) is 15.1. The van der Waals surface area contributed by atoms with Crippen molar-refractivity contribution in [2.24, 2.45) is 5.92 Å². The number of hydrogen-bond donors (Lipinski definition) is 1. The normalized spacial score (nSPS) is 26.1. The number of rotatable bonds is 2. The number of amides is 1. The Labute approximate surface area is 120 Å². The summed E-state index contributed by atoms with van der Waals surface area (Å²) >= 11 is 0. The van der Waals surface area contributed by atoms with Crippen LogP contribution in [-0.2, 0) is 0 Å². The number of hydrogen-bond acceptors (Lipinski definition) is 2. The van der Waals surface area contributed by atoms with Crippen molar-refractivity contribution in [3.8, 4) is 0 Å². The molecule has 2 unspecified atom stereocenters. The second kappa shape index (κ2) is 5.15. The van der Waals surface area contributed by atoms with Gasteiger partial charge in [0.1, 0.15) is 5.69 Å². The topological polar surface area (TPSA) is 51.3 Å². The molecule has 3 rings (SSSR count). The molecule has 0 radical (unpaired) electrons. The van der Waals surface area contributed by atoms with Crippen LogP contribution in [0.15, 0.2) is 12.3 Å². The Balaban J connectivity index is 1.88. The Kier molecular flexibility index (Phi) is 3.48. The zero-order chi connectivity index (χ0) is 14.3. The maximum absolute atomic E-state index is 12.9. The average molecular weight is 275 g/mol. The Morgan fingerprint density at radius 1 is 1.30 bits per heavy atom. The fourth-order valence-corrected chi connectivity index (χ4v) is 3.95. The van der Waals surface area contributed by atoms with Gasteiger partial charge in [0.2, 0.25) is 0 Å². The molecule has 1 amide bonds. The highest BCUT2D eigenvalue weighted by Gasteiger charge is 2.38. The first-order valence-corrected chi connectivity index (χ1v) is 7.86. The summed E-state index contributed by atoms with van der Waals surface area (Å²) in [7, 11) is 0. The molecule has 1 saturated carbocycles. The molecule has 1 saturated heterocycles. The zero-order valence-corrected chi connectivity index (χ0v) is 12.5. The number of carbonyl (C=O) groups excluding carboxylic acids is 1. The third kappa shape index (κ3) is 2.21. The maximum Gasteiger partial charge on any atom is 0.270 e. The molecule has 2 fully saturated rings. The smallest absolute Gasteiger partial charge is 0.270 e. The van der Waals surface area contributed by atoms with E-state index in [0.29, 0.717) is 11.7 Å². The molecule has 1 aromatic heterocycles. The van der Waals surface area contributed by atoms with Gasteiger partial charge < -0.3 is 15.2 Å². The van der Waals surface area contributed by atoms with Crippen molar-refractivity contribution in [2.45, 2.75) is 58.0 Å². The van der Waals surface area contributed by atoms with Gasteiger partial charge in [-0.2, -0.15) is 0 Å². The molecule has 0 spiro atoms. The first-order valence-electron chi connectivity index (χ1n) is 7.86. The second-order valence-corrected chi connectivity index (χ2v) is 6.56. The summed E-state index contributed by atoms with van der Waals surface area (Å²) in [5.41, 5.74) is 7.34. The molecule has 0 aromatic carbocycles. The number of nitrogens with zero attached hydrogens (tertiary/aromatic N) is 2. The van der Waals surface area contributed by atoms with Gasteiger partial charge in [0.25, 0.3) is 5.91 Å². The Bertz CT molecular complexity index is 506. The molecule has 2 aliphatic rings. The molecule has 0 bridgehead atoms. The number of aromatic nitrogens is 1. The van der Waals surface area contributed by atoms with Gasteiger partial charge in [-0.25, -0.2) is 0 Å². The minimum absolute atomic E-state index is 0.173. The van der Waals surface area contributed by atoms with Crippen LogP contribution < -0.4 is 5.73 Å². The Morgan fingerprint density at radius 2 is 2.05 bits per heavy atom. The molecule has 4 nitrogen and oxygen atoms in total. The van der Waals surface area contributed by atoms with E-state index in [9.17, 15) is 4.79 Å². The minimum Gasteiger partial charge on any atom is -0.397 e. The highest BCUT2D eigenvalue weighted by atomic mass is 16.2. The van der Waals surface area contributed by atoms with Crippen LogP contribution in [-0.4, -0.2) is 28.0 Å². The fraction of sp³-hybridized carbons (Fsp3) is 0.688. The lowest BCUT2D eigenvalue weighted by Crippen LogP contribution is -2.46. The fourth-order valence-electron chi connectivity index (χ4n) is 3.95. The van der Waals surface area contributed by atoms with Gasteiger partial charge in [-0.3, -0.25) is 4.79 Å². The largest absolute Gasteiger partial charge is 0.397 e. The molecule has 1 aliphatic heterocycles. The standard InChI is InChI=1S/C16H25N3O/c1-11(2)19-10-13(17)9-15(19)16(20)18-8-4-6-12-5-3-7-14(12)18/h9-12,14H,3-8,17H2,1-2H3. The summed E-state index contributed by atoms with van der Waals surface area (Å²) < 4.78 is 2.01. The lowest BCUT2D eigenvalue weighted by molar-refractivity contribution is 0.0536. The van der Waals surface area contributed by atoms with Crippen molar-refractivity contribution in [3.05, 3.63) is 18.0 Å². The number of carbonyl (C=O) groups is 1. The molecule has 1 aliphatic carbocycles. The predicted molar refractivity (Wildman–Crippen MR) is 80.6 cm³/mol. The highest BCUT2D eigenvalue weighted by molar-refractivity contribution is 5.94. The van der Waals surface area contributed by atoms with Gasteiger partial charge in [-0.1, -0.05) is 6.42 Å². The molecule has 20 heavy (non-hydrogen) atoms. The van der Waals surface area contributed by atoms with Crippen LogP contribution in [0.2, 0.25) is 0 Å². The van der Waals surface area contributed by atoms with Crippen LogP contribution >= 0.6 is 0 Å². The Hall–Kier alpha value is -1.45. The number of piperidine rings is 1. The van der Waals surface area contributed by atoms with Crippen molar-refractivity contribution in [1.82, 2.24) is 9.47 Å². The summed E-state index contributed by atoms with van der Waals surface area (Å²) in [6, 6.07) is 2.56. The van der Waals surface area contributed by atoms with Crippen molar-refractivity contribution in [3.63, 3.8) is 0 Å². The molecule has 1 aromatic rings. The monoisotopic (exact) mass is 275 g/mol. The first kappa shape index (κ1) is 13.5. The summed E-state index contributed by atoms with van der Waals surface area (Å²) in [5.74, 6) is 0.902. The minimum atomic E-state index is 0.173. The quantitative estimate of drug-likeness (QED) is 0.902. The van der Waals surface area contributed by atoms with Gasteiger partial charge in [0, 0.05) is 24.8 Å². The van der Waals surface area contributed by atoms with Crippen molar-refractivity contribution in [2.75, 3.05) is 12.3 Å². The SMILES string of the molecule is CC(C)n1cc(N)cc1C(=O)N1CCCC2CCCC21. The van der Waals surface area contributed by atoms with Crippen LogP contribution in [0.25, 0.3) is 0 Å². The summed E-state index contributed by atoms with van der Waals surface area (Å²) in [6.45, 7) is 5.08. The third-order valence-corrected chi connectivity index (χ3v) is 4.90. The maximum atomic E-state index is 12.9. The molecule has 110 valence electrons. The van der Waals surface area contributed by atoms with Crippen molar-refractivity contribution >= 4 is 11.6 Å². The second-order valence-electron chi connectivity index (χ2n) is 6.56. The number of nitrogen functional groups attached to an aromatic ring is 1. The van der Waals surface area contributed by atoms with Gasteiger partial charge in [-0.05, 0) is 51.5 Å². The van der Waals surface area contributed by atoms with Crippen molar-refractivity contribution < 1.29 is 4.79 Å². The average Bonchev–Trinajstić information content (AvgIpc) is 3.03. The van der Waals surface area contributed by atoms with Crippen LogP contribution in [0.5, 0.6) is 0 Å². The lowest BCUT2D eigenvalue weighted by atomic mass is 9.91. The molecular weight excluding hydrogens is 250 g/mol. The first-order chi connectivity index (χ1) is 9.58.